The fourth-order valence-corrected chi connectivity index (χ4v) is 2.81. The average Bonchev–Trinajstić information content (AvgIpc) is 2.24. The maximum atomic E-state index is 6.08. The van der Waals surface area contributed by atoms with Gasteiger partial charge >= 0.3 is 0 Å². The molecule has 0 aliphatic rings. The molecular weight excluding hydrogens is 247 g/mol. The molecule has 0 fully saturated rings. The Balaban J connectivity index is 2.34. The number of hydrogen-bond donors (Lipinski definition) is 0. The number of rotatable bonds is 6. The van der Waals surface area contributed by atoms with Gasteiger partial charge in [0.15, 0.2) is 0 Å². The fourth-order valence-electron chi connectivity index (χ4n) is 1.31. The van der Waals surface area contributed by atoms with Gasteiger partial charge in [0.1, 0.15) is 0 Å². The monoisotopic (exact) mass is 262 g/mol. The molecule has 1 aromatic carbocycles. The van der Waals surface area contributed by atoms with Crippen molar-refractivity contribution in [2.45, 2.75) is 37.5 Å². The van der Waals surface area contributed by atoms with E-state index in [1.165, 1.54) is 25.7 Å². The van der Waals surface area contributed by atoms with Gasteiger partial charge in [-0.15, -0.1) is 11.8 Å². The highest BCUT2D eigenvalue weighted by Gasteiger charge is 2.03. The van der Waals surface area contributed by atoms with E-state index in [4.69, 9.17) is 23.2 Å². The van der Waals surface area contributed by atoms with Gasteiger partial charge in [-0.25, -0.2) is 0 Å². The topological polar surface area (TPSA) is 0 Å². The van der Waals surface area contributed by atoms with E-state index >= 15 is 0 Å². The first-order valence-electron chi connectivity index (χ1n) is 5.32. The van der Waals surface area contributed by atoms with Gasteiger partial charge in [0, 0.05) is 4.90 Å². The second-order valence-electron chi connectivity index (χ2n) is 3.46. The van der Waals surface area contributed by atoms with Crippen LogP contribution in [0.1, 0.15) is 32.6 Å². The van der Waals surface area contributed by atoms with Crippen LogP contribution in [-0.2, 0) is 0 Å². The normalized spacial score (nSPS) is 10.6. The number of hydrogen-bond acceptors (Lipinski definition) is 1. The van der Waals surface area contributed by atoms with Gasteiger partial charge in [-0.3, -0.25) is 0 Å². The minimum atomic E-state index is 0.648. The van der Waals surface area contributed by atoms with Gasteiger partial charge in [-0.2, -0.15) is 0 Å². The second-order valence-corrected chi connectivity index (χ2v) is 5.38. The number of thioether (sulfide) groups is 1. The fraction of sp³-hybridized carbons (Fsp3) is 0.500. The van der Waals surface area contributed by atoms with Crippen LogP contribution in [0.4, 0.5) is 0 Å². The molecule has 15 heavy (non-hydrogen) atoms. The molecular formula is C12H16Cl2S. The van der Waals surface area contributed by atoms with E-state index in [2.05, 4.69) is 6.92 Å². The van der Waals surface area contributed by atoms with Crippen LogP contribution in [0.2, 0.25) is 10.0 Å². The van der Waals surface area contributed by atoms with Crippen LogP contribution >= 0.6 is 35.0 Å². The van der Waals surface area contributed by atoms with E-state index < -0.39 is 0 Å². The van der Waals surface area contributed by atoms with E-state index in [0.717, 1.165) is 10.6 Å². The smallest absolute Gasteiger partial charge is 0.0728 e. The lowest BCUT2D eigenvalue weighted by Crippen LogP contribution is -1.82. The highest BCUT2D eigenvalue weighted by atomic mass is 35.5. The second kappa shape index (κ2) is 7.43. The van der Waals surface area contributed by atoms with Gasteiger partial charge in [0.2, 0.25) is 0 Å². The standard InChI is InChI=1S/C12H16Cl2S/c1-2-3-4-5-9-15-11-8-6-7-10(13)12(11)14/h6-8H,2-5,9H2,1H3. The largest absolute Gasteiger partial charge is 0.125 e. The van der Waals surface area contributed by atoms with Crippen LogP contribution < -0.4 is 0 Å². The van der Waals surface area contributed by atoms with Crippen molar-refractivity contribution in [1.29, 1.82) is 0 Å². The van der Waals surface area contributed by atoms with Crippen molar-refractivity contribution in [3.8, 4) is 0 Å². The molecule has 0 saturated heterocycles. The van der Waals surface area contributed by atoms with Crippen LogP contribution in [0.25, 0.3) is 0 Å². The van der Waals surface area contributed by atoms with E-state index in [-0.39, 0.29) is 0 Å². The van der Waals surface area contributed by atoms with Crippen LogP contribution in [0.3, 0.4) is 0 Å². The first kappa shape index (κ1) is 13.2. The van der Waals surface area contributed by atoms with Gasteiger partial charge in [0.05, 0.1) is 10.0 Å². The maximum Gasteiger partial charge on any atom is 0.0728 e. The summed E-state index contributed by atoms with van der Waals surface area (Å²) in [6.45, 7) is 2.22. The summed E-state index contributed by atoms with van der Waals surface area (Å²) in [5.74, 6) is 1.13. The predicted octanol–water partition coefficient (Wildman–Crippen LogP) is 5.67. The number of unbranched alkanes of at least 4 members (excludes halogenated alkanes) is 3. The summed E-state index contributed by atoms with van der Waals surface area (Å²) >= 11 is 13.8. The van der Waals surface area contributed by atoms with E-state index in [1.807, 2.05) is 18.2 Å². The molecule has 0 spiro atoms. The Morgan fingerprint density at radius 1 is 1.13 bits per heavy atom. The van der Waals surface area contributed by atoms with Crippen LogP contribution in [0.5, 0.6) is 0 Å². The highest BCUT2D eigenvalue weighted by molar-refractivity contribution is 7.99. The molecule has 0 bridgehead atoms. The molecule has 1 aromatic rings. The molecule has 0 N–H and O–H groups in total. The lowest BCUT2D eigenvalue weighted by Gasteiger charge is -2.04. The van der Waals surface area contributed by atoms with Crippen LogP contribution in [0, 0.1) is 0 Å². The predicted molar refractivity (Wildman–Crippen MR) is 71.3 cm³/mol. The summed E-state index contributed by atoms with van der Waals surface area (Å²) in [5.41, 5.74) is 0. The zero-order valence-electron chi connectivity index (χ0n) is 8.93. The van der Waals surface area contributed by atoms with Gasteiger partial charge in [0.25, 0.3) is 0 Å². The van der Waals surface area contributed by atoms with Gasteiger partial charge in [-0.1, -0.05) is 55.5 Å². The molecule has 0 radical (unpaired) electrons. The average molecular weight is 263 g/mol. The molecule has 0 unspecified atom stereocenters. The zero-order valence-corrected chi connectivity index (χ0v) is 11.3. The first-order valence-corrected chi connectivity index (χ1v) is 7.06. The molecule has 0 aliphatic heterocycles. The first-order chi connectivity index (χ1) is 7.25. The highest BCUT2D eigenvalue weighted by Crippen LogP contribution is 2.33. The summed E-state index contributed by atoms with van der Waals surface area (Å²) < 4.78 is 0. The Labute approximate surface area is 106 Å². The Bertz CT molecular complexity index is 300. The summed E-state index contributed by atoms with van der Waals surface area (Å²) in [5, 5.41) is 1.34. The van der Waals surface area contributed by atoms with E-state index in [0.29, 0.717) is 10.0 Å². The summed E-state index contributed by atoms with van der Waals surface area (Å²) in [4.78, 5) is 1.10. The molecule has 84 valence electrons. The molecule has 0 amide bonds. The Morgan fingerprint density at radius 3 is 2.67 bits per heavy atom. The molecule has 0 saturated carbocycles. The lowest BCUT2D eigenvalue weighted by atomic mass is 10.2. The summed E-state index contributed by atoms with van der Waals surface area (Å²) in [6.07, 6.45) is 5.16. The third kappa shape index (κ3) is 4.67. The van der Waals surface area contributed by atoms with Crippen molar-refractivity contribution in [3.05, 3.63) is 28.2 Å². The molecule has 0 atom stereocenters. The van der Waals surface area contributed by atoms with Crippen molar-refractivity contribution in [2.24, 2.45) is 0 Å². The Morgan fingerprint density at radius 2 is 1.93 bits per heavy atom. The van der Waals surface area contributed by atoms with Gasteiger partial charge in [-0.05, 0) is 24.3 Å². The summed E-state index contributed by atoms with van der Waals surface area (Å²) in [7, 11) is 0. The van der Waals surface area contributed by atoms with Crippen molar-refractivity contribution in [3.63, 3.8) is 0 Å². The Kier molecular flexibility index (Phi) is 6.54. The zero-order chi connectivity index (χ0) is 11.1. The molecule has 0 nitrogen and oxygen atoms in total. The minimum absolute atomic E-state index is 0.648. The minimum Gasteiger partial charge on any atom is -0.125 e. The molecule has 3 heteroatoms. The van der Waals surface area contributed by atoms with Crippen LogP contribution in [-0.4, -0.2) is 5.75 Å². The molecule has 1 rings (SSSR count). The van der Waals surface area contributed by atoms with Gasteiger partial charge < -0.3 is 0 Å². The number of halogens is 2. The quantitative estimate of drug-likeness (QED) is 0.471. The maximum absolute atomic E-state index is 6.08. The molecule has 0 heterocycles. The lowest BCUT2D eigenvalue weighted by molar-refractivity contribution is 0.706. The molecule has 0 aliphatic carbocycles. The van der Waals surface area contributed by atoms with Crippen molar-refractivity contribution < 1.29 is 0 Å². The van der Waals surface area contributed by atoms with E-state index in [1.54, 1.807) is 11.8 Å². The third-order valence-electron chi connectivity index (χ3n) is 2.17. The van der Waals surface area contributed by atoms with Crippen LogP contribution in [0.15, 0.2) is 23.1 Å². The van der Waals surface area contributed by atoms with Crippen molar-refractivity contribution in [2.75, 3.05) is 5.75 Å². The Hall–Kier alpha value is 0.150. The van der Waals surface area contributed by atoms with E-state index in [9.17, 15) is 0 Å². The SMILES string of the molecule is CCCCCCSc1cccc(Cl)c1Cl. The third-order valence-corrected chi connectivity index (χ3v) is 4.25. The van der Waals surface area contributed by atoms with Crippen molar-refractivity contribution >= 4 is 35.0 Å². The number of benzene rings is 1. The molecule has 0 aromatic heterocycles. The van der Waals surface area contributed by atoms with Crippen molar-refractivity contribution in [1.82, 2.24) is 0 Å². The summed E-state index contributed by atoms with van der Waals surface area (Å²) in [6, 6.07) is 5.80.